The van der Waals surface area contributed by atoms with Crippen LogP contribution >= 0.6 is 11.3 Å². The molecule has 4 heteroatoms. The van der Waals surface area contributed by atoms with Crippen LogP contribution in [0, 0.1) is 6.92 Å². The summed E-state index contributed by atoms with van der Waals surface area (Å²) in [6.07, 6.45) is 1.32. The van der Waals surface area contributed by atoms with Gasteiger partial charge in [0, 0.05) is 43.1 Å². The molecule has 94 valence electrons. The molecule has 0 radical (unpaired) electrons. The zero-order valence-corrected chi connectivity index (χ0v) is 11.1. The van der Waals surface area contributed by atoms with Crippen molar-refractivity contribution in [1.29, 1.82) is 0 Å². The summed E-state index contributed by atoms with van der Waals surface area (Å²) in [5.74, 6) is 0.126. The molecule has 2 heterocycles. The molecule has 2 rings (SSSR count). The minimum Gasteiger partial charge on any atom is -0.381 e. The molecule has 0 aliphatic carbocycles. The summed E-state index contributed by atoms with van der Waals surface area (Å²) >= 11 is 1.61. The van der Waals surface area contributed by atoms with Crippen molar-refractivity contribution in [2.24, 2.45) is 0 Å². The Hall–Kier alpha value is -0.710. The van der Waals surface area contributed by atoms with Gasteiger partial charge in [0.25, 0.3) is 0 Å². The van der Waals surface area contributed by atoms with Gasteiger partial charge in [0.15, 0.2) is 5.78 Å². The highest BCUT2D eigenvalue weighted by Crippen LogP contribution is 2.31. The number of hydrogen-bond donors (Lipinski definition) is 0. The second-order valence-electron chi connectivity index (χ2n) is 4.26. The van der Waals surface area contributed by atoms with E-state index in [4.69, 9.17) is 9.47 Å². The van der Waals surface area contributed by atoms with Crippen molar-refractivity contribution in [3.8, 4) is 0 Å². The first-order valence-electron chi connectivity index (χ1n) is 6.00. The largest absolute Gasteiger partial charge is 0.381 e. The van der Waals surface area contributed by atoms with Crippen molar-refractivity contribution >= 4 is 17.1 Å². The van der Waals surface area contributed by atoms with E-state index in [0.29, 0.717) is 32.7 Å². The Morgan fingerprint density at radius 3 is 2.76 bits per heavy atom. The fraction of sp³-hybridized carbons (Fsp3) is 0.615. The summed E-state index contributed by atoms with van der Waals surface area (Å²) in [5.41, 5.74) is 0.157. The molecule has 1 saturated heterocycles. The maximum atomic E-state index is 12.6. The van der Waals surface area contributed by atoms with Crippen molar-refractivity contribution in [3.05, 3.63) is 21.9 Å². The standard InChI is InChI=1S/C13H18O3S/c1-3-16-13(5-7-15-8-6-13)12(14)11-4-9-17-10(11)2/h4,9H,3,5-8H2,1-2H3. The Morgan fingerprint density at radius 2 is 2.24 bits per heavy atom. The number of thiophene rings is 1. The molecule has 1 aliphatic rings. The van der Waals surface area contributed by atoms with Gasteiger partial charge in [0.05, 0.1) is 0 Å². The summed E-state index contributed by atoms with van der Waals surface area (Å²) < 4.78 is 11.1. The van der Waals surface area contributed by atoms with E-state index in [1.807, 2.05) is 25.3 Å². The van der Waals surface area contributed by atoms with Crippen LogP contribution in [0.1, 0.15) is 35.0 Å². The van der Waals surface area contributed by atoms with Gasteiger partial charge in [-0.25, -0.2) is 0 Å². The lowest BCUT2D eigenvalue weighted by atomic mass is 9.86. The quantitative estimate of drug-likeness (QED) is 0.775. The van der Waals surface area contributed by atoms with Crippen molar-refractivity contribution in [1.82, 2.24) is 0 Å². The van der Waals surface area contributed by atoms with Crippen LogP contribution in [0.2, 0.25) is 0 Å². The SMILES string of the molecule is CCOC1(C(=O)c2ccsc2C)CCOCC1. The average molecular weight is 254 g/mol. The second-order valence-corrected chi connectivity index (χ2v) is 5.38. The first-order valence-corrected chi connectivity index (χ1v) is 6.88. The average Bonchev–Trinajstić information content (AvgIpc) is 2.76. The molecule has 1 aromatic rings. The highest BCUT2D eigenvalue weighted by Gasteiger charge is 2.41. The first-order chi connectivity index (χ1) is 8.19. The van der Waals surface area contributed by atoms with Gasteiger partial charge in [-0.15, -0.1) is 11.3 Å². The third kappa shape index (κ3) is 2.44. The van der Waals surface area contributed by atoms with Crippen LogP contribution in [-0.4, -0.2) is 31.2 Å². The van der Waals surface area contributed by atoms with Gasteiger partial charge in [-0.3, -0.25) is 4.79 Å². The zero-order chi connectivity index (χ0) is 12.3. The van der Waals surface area contributed by atoms with Crippen LogP contribution in [-0.2, 0) is 9.47 Å². The number of carbonyl (C=O) groups is 1. The Balaban J connectivity index is 2.27. The van der Waals surface area contributed by atoms with Crippen LogP contribution in [0.25, 0.3) is 0 Å². The van der Waals surface area contributed by atoms with Gasteiger partial charge < -0.3 is 9.47 Å². The lowest BCUT2D eigenvalue weighted by Crippen LogP contribution is -2.46. The van der Waals surface area contributed by atoms with E-state index in [9.17, 15) is 4.79 Å². The van der Waals surface area contributed by atoms with Crippen molar-refractivity contribution in [3.63, 3.8) is 0 Å². The number of carbonyl (C=O) groups excluding carboxylic acids is 1. The summed E-state index contributed by atoms with van der Waals surface area (Å²) in [4.78, 5) is 13.7. The van der Waals surface area contributed by atoms with Crippen LogP contribution in [0.4, 0.5) is 0 Å². The normalized spacial score (nSPS) is 19.2. The van der Waals surface area contributed by atoms with Crippen LogP contribution in [0.15, 0.2) is 11.4 Å². The summed E-state index contributed by atoms with van der Waals surface area (Å²) in [6, 6.07) is 1.90. The minimum atomic E-state index is -0.654. The van der Waals surface area contributed by atoms with Gasteiger partial charge in [-0.1, -0.05) is 0 Å². The maximum Gasteiger partial charge on any atom is 0.195 e. The fourth-order valence-corrected chi connectivity index (χ4v) is 2.98. The van der Waals surface area contributed by atoms with Crippen LogP contribution in [0.3, 0.4) is 0 Å². The molecule has 0 amide bonds. The van der Waals surface area contributed by atoms with Gasteiger partial charge in [0.1, 0.15) is 5.60 Å². The number of hydrogen-bond acceptors (Lipinski definition) is 4. The molecule has 3 nitrogen and oxygen atoms in total. The number of rotatable bonds is 4. The monoisotopic (exact) mass is 254 g/mol. The summed E-state index contributed by atoms with van der Waals surface area (Å²) in [6.45, 7) is 5.70. The third-order valence-electron chi connectivity index (χ3n) is 3.24. The van der Waals surface area contributed by atoms with Crippen LogP contribution in [0.5, 0.6) is 0 Å². The molecular formula is C13H18O3S. The third-order valence-corrected chi connectivity index (χ3v) is 4.08. The van der Waals surface area contributed by atoms with E-state index in [2.05, 4.69) is 0 Å². The van der Waals surface area contributed by atoms with Gasteiger partial charge >= 0.3 is 0 Å². The van der Waals surface area contributed by atoms with E-state index in [1.165, 1.54) is 0 Å². The highest BCUT2D eigenvalue weighted by molar-refractivity contribution is 7.10. The number of aryl methyl sites for hydroxylation is 1. The summed E-state index contributed by atoms with van der Waals surface area (Å²) in [5, 5.41) is 1.96. The highest BCUT2D eigenvalue weighted by atomic mass is 32.1. The lowest BCUT2D eigenvalue weighted by molar-refractivity contribution is -0.0822. The molecule has 0 aromatic carbocycles. The Morgan fingerprint density at radius 1 is 1.53 bits per heavy atom. The predicted molar refractivity (Wildman–Crippen MR) is 67.8 cm³/mol. The summed E-state index contributed by atoms with van der Waals surface area (Å²) in [7, 11) is 0. The van der Waals surface area contributed by atoms with E-state index in [0.717, 1.165) is 10.4 Å². The zero-order valence-electron chi connectivity index (χ0n) is 10.3. The molecular weight excluding hydrogens is 236 g/mol. The molecule has 0 bridgehead atoms. The van der Waals surface area contributed by atoms with Gasteiger partial charge in [-0.05, 0) is 25.3 Å². The number of Topliss-reactive ketones (excluding diaryl/α,β-unsaturated/α-hetero) is 1. The number of ketones is 1. The van der Waals surface area contributed by atoms with E-state index < -0.39 is 5.60 Å². The van der Waals surface area contributed by atoms with Crippen molar-refractivity contribution in [2.45, 2.75) is 32.3 Å². The maximum absolute atomic E-state index is 12.6. The topological polar surface area (TPSA) is 35.5 Å². The molecule has 1 fully saturated rings. The van der Waals surface area contributed by atoms with E-state index in [1.54, 1.807) is 11.3 Å². The first kappa shape index (κ1) is 12.7. The molecule has 0 saturated carbocycles. The number of ether oxygens (including phenoxy) is 2. The molecule has 1 aromatic heterocycles. The molecule has 17 heavy (non-hydrogen) atoms. The molecule has 0 atom stereocenters. The molecule has 0 spiro atoms. The van der Waals surface area contributed by atoms with Gasteiger partial charge in [-0.2, -0.15) is 0 Å². The van der Waals surface area contributed by atoms with Crippen molar-refractivity contribution < 1.29 is 14.3 Å². The molecule has 0 N–H and O–H groups in total. The predicted octanol–water partition coefficient (Wildman–Crippen LogP) is 2.82. The Labute approximate surface area is 106 Å². The van der Waals surface area contributed by atoms with E-state index >= 15 is 0 Å². The van der Waals surface area contributed by atoms with Crippen LogP contribution < -0.4 is 0 Å². The molecule has 1 aliphatic heterocycles. The smallest absolute Gasteiger partial charge is 0.195 e. The van der Waals surface area contributed by atoms with Gasteiger partial charge in [0.2, 0.25) is 0 Å². The van der Waals surface area contributed by atoms with E-state index in [-0.39, 0.29) is 5.78 Å². The fourth-order valence-electron chi connectivity index (χ4n) is 2.28. The minimum absolute atomic E-state index is 0.126. The molecule has 0 unspecified atom stereocenters. The van der Waals surface area contributed by atoms with Crippen molar-refractivity contribution in [2.75, 3.05) is 19.8 Å². The Kier molecular flexibility index (Phi) is 3.97. The lowest BCUT2D eigenvalue weighted by Gasteiger charge is -2.35. The second kappa shape index (κ2) is 5.29. The Bertz CT molecular complexity index is 386.